The molecule has 3 saturated carbocycles. The number of hydrogen-bond acceptors (Lipinski definition) is 4. The quantitative estimate of drug-likeness (QED) is 0.274. The number of esters is 2. The van der Waals surface area contributed by atoms with Gasteiger partial charge in [-0.1, -0.05) is 38.8 Å². The predicted molar refractivity (Wildman–Crippen MR) is 140 cm³/mol. The van der Waals surface area contributed by atoms with Crippen molar-refractivity contribution in [3.63, 3.8) is 0 Å². The van der Waals surface area contributed by atoms with E-state index in [1.54, 1.807) is 12.5 Å². The maximum Gasteiger partial charge on any atom is 0.303 e. The fourth-order valence-corrected chi connectivity index (χ4v) is 9.43. The van der Waals surface area contributed by atoms with Crippen molar-refractivity contribution >= 4 is 11.9 Å². The summed E-state index contributed by atoms with van der Waals surface area (Å²) in [6, 6.07) is 0. The van der Waals surface area contributed by atoms with Crippen LogP contribution in [0.5, 0.6) is 0 Å². The van der Waals surface area contributed by atoms with Crippen LogP contribution in [0.15, 0.2) is 11.6 Å². The maximum atomic E-state index is 11.5. The standard InChI is InChI=1S/C31H50O4/c1-20(9-8-16-29(4,5)35-22(3)33)26-12-13-27-25-11-10-23-19-24(34-21(2)32)14-17-30(23,6)28(25)15-18-31(26,27)7/h10,20,24-28H,8-9,11-19H2,1-7H3. The third-order valence-corrected chi connectivity index (χ3v) is 11.0. The summed E-state index contributed by atoms with van der Waals surface area (Å²) in [6.07, 6.45) is 15.8. The summed E-state index contributed by atoms with van der Waals surface area (Å²) < 4.78 is 11.1. The fraction of sp³-hybridized carbons (Fsp3) is 0.871. The van der Waals surface area contributed by atoms with Crippen LogP contribution in [0.3, 0.4) is 0 Å². The molecule has 4 heteroatoms. The lowest BCUT2D eigenvalue weighted by Crippen LogP contribution is -2.51. The van der Waals surface area contributed by atoms with Crippen LogP contribution in [-0.2, 0) is 19.1 Å². The molecule has 35 heavy (non-hydrogen) atoms. The lowest BCUT2D eigenvalue weighted by atomic mass is 9.47. The Morgan fingerprint density at radius 1 is 1.06 bits per heavy atom. The van der Waals surface area contributed by atoms with Crippen LogP contribution in [0, 0.1) is 40.4 Å². The first-order chi connectivity index (χ1) is 16.4. The third kappa shape index (κ3) is 5.23. The molecular weight excluding hydrogens is 436 g/mol. The van der Waals surface area contributed by atoms with Crippen LogP contribution in [0.4, 0.5) is 0 Å². The van der Waals surface area contributed by atoms with Gasteiger partial charge in [-0.3, -0.25) is 9.59 Å². The Kier molecular flexibility index (Phi) is 7.53. The molecule has 4 nitrogen and oxygen atoms in total. The highest BCUT2D eigenvalue weighted by molar-refractivity contribution is 5.66. The van der Waals surface area contributed by atoms with Gasteiger partial charge in [0.15, 0.2) is 0 Å². The molecule has 0 saturated heterocycles. The number of ether oxygens (including phenoxy) is 2. The maximum absolute atomic E-state index is 11.5. The van der Waals surface area contributed by atoms with Gasteiger partial charge in [0.05, 0.1) is 0 Å². The van der Waals surface area contributed by atoms with E-state index in [0.717, 1.165) is 55.3 Å². The van der Waals surface area contributed by atoms with E-state index in [1.165, 1.54) is 51.9 Å². The van der Waals surface area contributed by atoms with Crippen LogP contribution < -0.4 is 0 Å². The second-order valence-corrected chi connectivity index (χ2v) is 13.7. The van der Waals surface area contributed by atoms with E-state index in [4.69, 9.17) is 9.47 Å². The lowest BCUT2D eigenvalue weighted by molar-refractivity contribution is -0.154. The van der Waals surface area contributed by atoms with Crippen molar-refractivity contribution < 1.29 is 19.1 Å². The van der Waals surface area contributed by atoms with Crippen molar-refractivity contribution in [2.75, 3.05) is 0 Å². The number of allylic oxidation sites excluding steroid dienone is 1. The average Bonchev–Trinajstić information content (AvgIpc) is 3.10. The number of hydrogen-bond donors (Lipinski definition) is 0. The molecule has 0 radical (unpaired) electrons. The van der Waals surface area contributed by atoms with Gasteiger partial charge in [0.1, 0.15) is 11.7 Å². The van der Waals surface area contributed by atoms with Gasteiger partial charge < -0.3 is 9.47 Å². The number of rotatable bonds is 7. The molecule has 4 rings (SSSR count). The van der Waals surface area contributed by atoms with Crippen molar-refractivity contribution in [3.05, 3.63) is 11.6 Å². The zero-order valence-corrected chi connectivity index (χ0v) is 23.5. The molecule has 4 aliphatic carbocycles. The molecule has 4 aliphatic rings. The molecule has 0 bridgehead atoms. The molecule has 0 spiro atoms. The van der Waals surface area contributed by atoms with Crippen LogP contribution in [0.2, 0.25) is 0 Å². The summed E-state index contributed by atoms with van der Waals surface area (Å²) >= 11 is 0. The van der Waals surface area contributed by atoms with E-state index in [2.05, 4.69) is 26.8 Å². The number of fused-ring (bicyclic) bond motifs is 5. The first-order valence-electron chi connectivity index (χ1n) is 14.4. The van der Waals surface area contributed by atoms with Gasteiger partial charge in [0.25, 0.3) is 0 Å². The molecule has 0 heterocycles. The van der Waals surface area contributed by atoms with Gasteiger partial charge in [0, 0.05) is 20.3 Å². The molecular formula is C31H50O4. The predicted octanol–water partition coefficient (Wildman–Crippen LogP) is 7.65. The molecule has 8 atom stereocenters. The average molecular weight is 487 g/mol. The normalized spacial score (nSPS) is 39.5. The number of carbonyl (C=O) groups excluding carboxylic acids is 2. The largest absolute Gasteiger partial charge is 0.462 e. The molecule has 8 unspecified atom stereocenters. The molecule has 3 fully saturated rings. The van der Waals surface area contributed by atoms with Gasteiger partial charge in [-0.2, -0.15) is 0 Å². The van der Waals surface area contributed by atoms with E-state index < -0.39 is 0 Å². The Balaban J connectivity index is 1.40. The Hall–Kier alpha value is -1.32. The SMILES string of the molecule is CC(=O)OC1CCC2(C)C(=CCC3C2CCC2(C)C(C(C)CCCC(C)(C)OC(C)=O)CCC32)C1. The second kappa shape index (κ2) is 9.86. The number of carbonyl (C=O) groups is 2. The van der Waals surface area contributed by atoms with Gasteiger partial charge in [0.2, 0.25) is 0 Å². The fourth-order valence-electron chi connectivity index (χ4n) is 9.43. The van der Waals surface area contributed by atoms with E-state index in [1.807, 2.05) is 13.8 Å². The Morgan fingerprint density at radius 2 is 1.80 bits per heavy atom. The van der Waals surface area contributed by atoms with Crippen LogP contribution >= 0.6 is 0 Å². The summed E-state index contributed by atoms with van der Waals surface area (Å²) in [6.45, 7) is 14.8. The molecule has 0 aliphatic heterocycles. The molecule has 0 amide bonds. The van der Waals surface area contributed by atoms with Gasteiger partial charge >= 0.3 is 11.9 Å². The second-order valence-electron chi connectivity index (χ2n) is 13.7. The topological polar surface area (TPSA) is 52.6 Å². The minimum Gasteiger partial charge on any atom is -0.462 e. The summed E-state index contributed by atoms with van der Waals surface area (Å²) in [7, 11) is 0. The van der Waals surface area contributed by atoms with Crippen molar-refractivity contribution in [3.8, 4) is 0 Å². The van der Waals surface area contributed by atoms with Crippen molar-refractivity contribution in [2.45, 2.75) is 131 Å². The van der Waals surface area contributed by atoms with Crippen LogP contribution in [-0.4, -0.2) is 23.6 Å². The van der Waals surface area contributed by atoms with Gasteiger partial charge in [-0.25, -0.2) is 0 Å². The summed E-state index contributed by atoms with van der Waals surface area (Å²) in [4.78, 5) is 22.9. The van der Waals surface area contributed by atoms with Crippen molar-refractivity contribution in [1.29, 1.82) is 0 Å². The van der Waals surface area contributed by atoms with E-state index in [9.17, 15) is 9.59 Å². The molecule has 0 aromatic rings. The minimum atomic E-state index is -0.359. The zero-order chi connectivity index (χ0) is 25.6. The Labute approximate surface area is 214 Å². The molecule has 198 valence electrons. The summed E-state index contributed by atoms with van der Waals surface area (Å²) in [5.41, 5.74) is 1.98. The third-order valence-electron chi connectivity index (χ3n) is 11.0. The monoisotopic (exact) mass is 486 g/mol. The van der Waals surface area contributed by atoms with Gasteiger partial charge in [-0.05, 0) is 112 Å². The van der Waals surface area contributed by atoms with E-state index in [-0.39, 0.29) is 23.6 Å². The zero-order valence-electron chi connectivity index (χ0n) is 23.5. The Morgan fingerprint density at radius 3 is 2.49 bits per heavy atom. The van der Waals surface area contributed by atoms with Crippen LogP contribution in [0.25, 0.3) is 0 Å². The summed E-state index contributed by atoms with van der Waals surface area (Å²) in [5, 5.41) is 0. The van der Waals surface area contributed by atoms with E-state index >= 15 is 0 Å². The first kappa shape index (κ1) is 26.7. The highest BCUT2D eigenvalue weighted by atomic mass is 16.6. The van der Waals surface area contributed by atoms with E-state index in [0.29, 0.717) is 10.8 Å². The lowest BCUT2D eigenvalue weighted by Gasteiger charge is -2.58. The Bertz CT molecular complexity index is 843. The summed E-state index contributed by atoms with van der Waals surface area (Å²) in [5.74, 6) is 3.66. The van der Waals surface area contributed by atoms with Crippen LogP contribution in [0.1, 0.15) is 119 Å². The minimum absolute atomic E-state index is 0.0831. The molecule has 0 aromatic carbocycles. The molecule has 0 N–H and O–H groups in total. The first-order valence-corrected chi connectivity index (χ1v) is 14.4. The van der Waals surface area contributed by atoms with Crippen molar-refractivity contribution in [2.24, 2.45) is 40.4 Å². The highest BCUT2D eigenvalue weighted by Crippen LogP contribution is 2.67. The molecule has 0 aromatic heterocycles. The highest BCUT2D eigenvalue weighted by Gasteiger charge is 2.59. The van der Waals surface area contributed by atoms with Crippen molar-refractivity contribution in [1.82, 2.24) is 0 Å². The van der Waals surface area contributed by atoms with Gasteiger partial charge in [-0.15, -0.1) is 0 Å². The smallest absolute Gasteiger partial charge is 0.303 e.